The average molecular weight is 427 g/mol. The molecule has 1 atom stereocenters. The van der Waals surface area contributed by atoms with Crippen molar-refractivity contribution in [2.24, 2.45) is 5.41 Å². The Labute approximate surface area is 178 Å². The fraction of sp³-hybridized carbons (Fsp3) is 0.864. The number of nitrogens with zero attached hydrogens (tertiary/aromatic N) is 3. The van der Waals surface area contributed by atoms with E-state index in [2.05, 4.69) is 21.7 Å². The van der Waals surface area contributed by atoms with Crippen molar-refractivity contribution in [3.05, 3.63) is 12.5 Å². The van der Waals surface area contributed by atoms with Gasteiger partial charge in [0.2, 0.25) is 5.91 Å². The Hall–Kier alpha value is -1.41. The third-order valence-corrected chi connectivity index (χ3v) is 7.78. The zero-order chi connectivity index (χ0) is 21.5. The monoisotopic (exact) mass is 426 g/mol. The lowest BCUT2D eigenvalue weighted by Gasteiger charge is -2.52. The first-order valence-electron chi connectivity index (χ1n) is 11.4. The van der Waals surface area contributed by atoms with Crippen LogP contribution in [0.2, 0.25) is 0 Å². The van der Waals surface area contributed by atoms with Crippen molar-refractivity contribution in [2.75, 3.05) is 46.4 Å². The Morgan fingerprint density at radius 2 is 1.83 bits per heavy atom. The van der Waals surface area contributed by atoms with Gasteiger partial charge in [-0.25, -0.2) is 8.78 Å². The molecule has 3 aliphatic heterocycles. The summed E-state index contributed by atoms with van der Waals surface area (Å²) >= 11 is 0. The minimum Gasteiger partial charge on any atom is -0.480 e. The van der Waals surface area contributed by atoms with Crippen molar-refractivity contribution >= 4 is 5.91 Å². The van der Waals surface area contributed by atoms with E-state index < -0.39 is 12.0 Å². The van der Waals surface area contributed by atoms with Gasteiger partial charge < -0.3 is 19.9 Å². The third-order valence-electron chi connectivity index (χ3n) is 7.78. The van der Waals surface area contributed by atoms with Gasteiger partial charge in [0.05, 0.1) is 19.2 Å². The third kappa shape index (κ3) is 4.17. The first-order chi connectivity index (χ1) is 14.3. The van der Waals surface area contributed by atoms with Crippen molar-refractivity contribution in [3.63, 3.8) is 0 Å². The fourth-order valence-electron chi connectivity index (χ4n) is 6.16. The Morgan fingerprint density at radius 3 is 2.47 bits per heavy atom. The van der Waals surface area contributed by atoms with Crippen LogP contribution >= 0.6 is 0 Å². The maximum Gasteiger partial charge on any atom is 0.262 e. The van der Waals surface area contributed by atoms with E-state index in [0.717, 1.165) is 44.9 Å². The molecule has 0 unspecified atom stereocenters. The van der Waals surface area contributed by atoms with Gasteiger partial charge in [-0.3, -0.25) is 9.69 Å². The Bertz CT molecular complexity index is 660. The van der Waals surface area contributed by atoms with E-state index in [1.807, 2.05) is 6.92 Å². The Balaban J connectivity index is 1.26. The van der Waals surface area contributed by atoms with E-state index in [1.54, 1.807) is 4.90 Å². The zero-order valence-corrected chi connectivity index (χ0v) is 18.3. The number of nitrogens with one attached hydrogen (secondary N) is 1. The lowest BCUT2D eigenvalue weighted by molar-refractivity contribution is -0.126. The van der Waals surface area contributed by atoms with Crippen LogP contribution in [0.25, 0.3) is 0 Å². The summed E-state index contributed by atoms with van der Waals surface area (Å²) in [6.07, 6.45) is 4.97. The van der Waals surface area contributed by atoms with Crippen molar-refractivity contribution in [2.45, 2.75) is 69.5 Å². The maximum atomic E-state index is 14.0. The molecule has 0 bridgehead atoms. The molecular formula is C22H36F2N4O2. The van der Waals surface area contributed by atoms with E-state index >= 15 is 0 Å². The Kier molecular flexibility index (Phi) is 6.01. The number of likely N-dealkylation sites (tertiary alicyclic amines) is 3. The standard InChI is InChI=1S/C22H36F2N4O2/c1-4-30-16(2)27-10-7-21(14-27)11-18(12-21)26-8-5-17(6-9-26)28-15-22(23,24)13-19(28)20(29)25-3/h17-19H,2,4-15H2,1,3H3,(H,25,29)/t18?,19-,21?/m1/s1. The van der Waals surface area contributed by atoms with Gasteiger partial charge in [-0.15, -0.1) is 0 Å². The molecule has 3 saturated heterocycles. The van der Waals surface area contributed by atoms with Gasteiger partial charge in [-0.2, -0.15) is 0 Å². The number of hydrogen-bond donors (Lipinski definition) is 1. The summed E-state index contributed by atoms with van der Waals surface area (Å²) < 4.78 is 33.6. The highest BCUT2D eigenvalue weighted by Crippen LogP contribution is 2.51. The highest BCUT2D eigenvalue weighted by molar-refractivity contribution is 5.82. The molecule has 0 aromatic rings. The van der Waals surface area contributed by atoms with Crippen LogP contribution < -0.4 is 5.32 Å². The smallest absolute Gasteiger partial charge is 0.262 e. The summed E-state index contributed by atoms with van der Waals surface area (Å²) in [6, 6.07) is -0.0279. The summed E-state index contributed by atoms with van der Waals surface area (Å²) in [5.41, 5.74) is 0.392. The van der Waals surface area contributed by atoms with E-state index in [1.165, 1.54) is 26.3 Å². The first-order valence-corrected chi connectivity index (χ1v) is 11.4. The molecule has 0 radical (unpaired) electrons. The van der Waals surface area contributed by atoms with Crippen LogP contribution in [0.5, 0.6) is 0 Å². The number of rotatable bonds is 6. The summed E-state index contributed by atoms with van der Waals surface area (Å²) in [6.45, 7) is 10.3. The van der Waals surface area contributed by atoms with Gasteiger partial charge in [0.15, 0.2) is 5.88 Å². The largest absolute Gasteiger partial charge is 0.480 e. The summed E-state index contributed by atoms with van der Waals surface area (Å²) in [5, 5.41) is 2.56. The van der Waals surface area contributed by atoms with Crippen molar-refractivity contribution < 1.29 is 18.3 Å². The topological polar surface area (TPSA) is 48.1 Å². The number of likely N-dealkylation sites (N-methyl/N-ethyl adjacent to an activating group) is 1. The van der Waals surface area contributed by atoms with Crippen LogP contribution in [-0.4, -0.2) is 91.0 Å². The van der Waals surface area contributed by atoms with Crippen LogP contribution in [0.15, 0.2) is 12.5 Å². The molecule has 8 heteroatoms. The second kappa shape index (κ2) is 8.26. The normalized spacial score (nSPS) is 34.9. The quantitative estimate of drug-likeness (QED) is 0.661. The van der Waals surface area contributed by atoms with Crippen molar-refractivity contribution in [1.29, 1.82) is 0 Å². The first kappa shape index (κ1) is 21.8. The number of piperidine rings is 1. The minimum atomic E-state index is -2.77. The molecule has 30 heavy (non-hydrogen) atoms. The molecule has 6 nitrogen and oxygen atoms in total. The van der Waals surface area contributed by atoms with E-state index in [0.29, 0.717) is 18.1 Å². The lowest BCUT2D eigenvalue weighted by atomic mass is 9.64. The zero-order valence-electron chi connectivity index (χ0n) is 18.3. The molecule has 1 saturated carbocycles. The van der Waals surface area contributed by atoms with Gasteiger partial charge in [0.25, 0.3) is 5.92 Å². The van der Waals surface area contributed by atoms with Gasteiger partial charge in [-0.05, 0) is 64.1 Å². The molecular weight excluding hydrogens is 390 g/mol. The SMILES string of the molecule is C=C(OCC)N1CCC2(CC(N3CCC(N4CC(F)(F)C[C@@H]4C(=O)NC)CC3)C2)C1. The number of amides is 1. The van der Waals surface area contributed by atoms with E-state index in [4.69, 9.17) is 4.74 Å². The molecule has 4 aliphatic rings. The molecule has 170 valence electrons. The van der Waals surface area contributed by atoms with Crippen molar-refractivity contribution in [3.8, 4) is 0 Å². The van der Waals surface area contributed by atoms with Crippen LogP contribution in [0.3, 0.4) is 0 Å². The highest BCUT2D eigenvalue weighted by atomic mass is 19.3. The van der Waals surface area contributed by atoms with Gasteiger partial charge >= 0.3 is 0 Å². The maximum absolute atomic E-state index is 14.0. The molecule has 1 aliphatic carbocycles. The number of halogens is 2. The van der Waals surface area contributed by atoms with Crippen LogP contribution in [0.4, 0.5) is 8.78 Å². The number of ether oxygens (including phenoxy) is 1. The number of carbonyl (C=O) groups is 1. The van der Waals surface area contributed by atoms with Crippen molar-refractivity contribution in [1.82, 2.24) is 20.0 Å². The summed E-state index contributed by atoms with van der Waals surface area (Å²) in [4.78, 5) is 18.7. The van der Waals surface area contributed by atoms with Gasteiger partial charge in [0, 0.05) is 38.6 Å². The molecule has 4 rings (SSSR count). The van der Waals surface area contributed by atoms with E-state index in [9.17, 15) is 13.6 Å². The summed E-state index contributed by atoms with van der Waals surface area (Å²) in [5.74, 6) is -2.25. The van der Waals surface area contributed by atoms with Crippen LogP contribution in [-0.2, 0) is 9.53 Å². The minimum absolute atomic E-state index is 0.0717. The molecule has 4 fully saturated rings. The summed E-state index contributed by atoms with van der Waals surface area (Å²) in [7, 11) is 1.53. The number of hydrogen-bond acceptors (Lipinski definition) is 5. The predicted molar refractivity (Wildman–Crippen MR) is 111 cm³/mol. The molecule has 1 spiro atoms. The lowest BCUT2D eigenvalue weighted by Crippen LogP contribution is -2.57. The highest BCUT2D eigenvalue weighted by Gasteiger charge is 2.53. The second-order valence-electron chi connectivity index (χ2n) is 9.69. The van der Waals surface area contributed by atoms with Crippen LogP contribution in [0.1, 0.15) is 45.4 Å². The molecule has 1 amide bonds. The van der Waals surface area contributed by atoms with Gasteiger partial charge in [0.1, 0.15) is 0 Å². The molecule has 1 N–H and O–H groups in total. The molecule has 0 aromatic carbocycles. The molecule has 0 aromatic heterocycles. The average Bonchev–Trinajstić information content (AvgIpc) is 3.28. The number of alkyl halides is 2. The van der Waals surface area contributed by atoms with E-state index in [-0.39, 0.29) is 24.9 Å². The Morgan fingerprint density at radius 1 is 1.13 bits per heavy atom. The molecule has 3 heterocycles. The number of carbonyl (C=O) groups excluding carboxylic acids is 1. The predicted octanol–water partition coefficient (Wildman–Crippen LogP) is 2.27. The van der Waals surface area contributed by atoms with Crippen LogP contribution in [0, 0.1) is 5.41 Å². The van der Waals surface area contributed by atoms with Gasteiger partial charge in [-0.1, -0.05) is 0 Å². The fourth-order valence-corrected chi connectivity index (χ4v) is 6.16. The second-order valence-corrected chi connectivity index (χ2v) is 9.69.